The molecule has 0 spiro atoms. The highest BCUT2D eigenvalue weighted by molar-refractivity contribution is 6.00. The molecule has 0 radical (unpaired) electrons. The first-order valence-electron chi connectivity index (χ1n) is 7.94. The number of aryl methyl sites for hydroxylation is 1. The second-order valence-electron chi connectivity index (χ2n) is 5.54. The van der Waals surface area contributed by atoms with Crippen molar-refractivity contribution >= 4 is 5.78 Å². The molecule has 0 saturated carbocycles. The van der Waals surface area contributed by atoms with Gasteiger partial charge in [0, 0.05) is 11.5 Å². The fourth-order valence-corrected chi connectivity index (χ4v) is 2.68. The van der Waals surface area contributed by atoms with E-state index in [-0.39, 0.29) is 11.7 Å². The molecule has 1 nitrogen and oxygen atoms in total. The first-order valence-corrected chi connectivity index (χ1v) is 7.94. The number of benzene rings is 2. The summed E-state index contributed by atoms with van der Waals surface area (Å²) >= 11 is 0. The van der Waals surface area contributed by atoms with Crippen LogP contribution in [-0.4, -0.2) is 5.78 Å². The zero-order valence-electron chi connectivity index (χ0n) is 13.0. The van der Waals surface area contributed by atoms with Crippen LogP contribution in [0.15, 0.2) is 54.6 Å². The summed E-state index contributed by atoms with van der Waals surface area (Å²) in [6.45, 7) is 4.27. The van der Waals surface area contributed by atoms with Crippen LogP contribution in [0.4, 0.5) is 0 Å². The van der Waals surface area contributed by atoms with E-state index in [0.717, 1.165) is 24.0 Å². The lowest BCUT2D eigenvalue weighted by Crippen LogP contribution is -2.12. The zero-order valence-corrected chi connectivity index (χ0v) is 13.0. The van der Waals surface area contributed by atoms with Gasteiger partial charge in [0.1, 0.15) is 0 Å². The van der Waals surface area contributed by atoms with Gasteiger partial charge in [-0.2, -0.15) is 0 Å². The lowest BCUT2D eigenvalue weighted by atomic mass is 9.88. The first kappa shape index (κ1) is 15.5. The van der Waals surface area contributed by atoms with Gasteiger partial charge in [0.05, 0.1) is 0 Å². The van der Waals surface area contributed by atoms with Gasteiger partial charge in [0.15, 0.2) is 5.78 Å². The molecular weight excluding hydrogens is 256 g/mol. The number of rotatable bonds is 7. The molecule has 0 saturated heterocycles. The summed E-state index contributed by atoms with van der Waals surface area (Å²) < 4.78 is 0. The van der Waals surface area contributed by atoms with Crippen molar-refractivity contribution in [1.82, 2.24) is 0 Å². The molecule has 1 atom stereocenters. The Morgan fingerprint density at radius 2 is 1.62 bits per heavy atom. The quantitative estimate of drug-likeness (QED) is 0.620. The highest BCUT2D eigenvalue weighted by Crippen LogP contribution is 2.24. The molecule has 0 N–H and O–H groups in total. The number of hydrogen-bond acceptors (Lipinski definition) is 1. The Labute approximate surface area is 128 Å². The standard InChI is InChI=1S/C20H24O/c1-3-5-9-16-12-14-18(15-13-16)20(21)19(4-2)17-10-7-6-8-11-17/h6-8,10-15,19H,3-5,9H2,1-2H3. The van der Waals surface area contributed by atoms with Crippen LogP contribution in [0, 0.1) is 0 Å². The van der Waals surface area contributed by atoms with Crippen molar-refractivity contribution in [3.05, 3.63) is 71.3 Å². The summed E-state index contributed by atoms with van der Waals surface area (Å²) in [4.78, 5) is 12.7. The Balaban J connectivity index is 2.14. The van der Waals surface area contributed by atoms with Crippen LogP contribution in [-0.2, 0) is 6.42 Å². The van der Waals surface area contributed by atoms with E-state index < -0.39 is 0 Å². The van der Waals surface area contributed by atoms with E-state index in [0.29, 0.717) is 0 Å². The molecule has 0 bridgehead atoms. The summed E-state index contributed by atoms with van der Waals surface area (Å²) in [6, 6.07) is 18.2. The Morgan fingerprint density at radius 1 is 0.952 bits per heavy atom. The Hall–Kier alpha value is -1.89. The predicted octanol–water partition coefficient (Wildman–Crippen LogP) is 5.41. The third-order valence-electron chi connectivity index (χ3n) is 3.98. The number of carbonyl (C=O) groups excluding carboxylic acids is 1. The molecule has 0 amide bonds. The number of ketones is 1. The summed E-state index contributed by atoms with van der Waals surface area (Å²) in [5, 5.41) is 0. The minimum absolute atomic E-state index is 0.0345. The molecule has 1 heteroatoms. The van der Waals surface area contributed by atoms with E-state index in [4.69, 9.17) is 0 Å². The molecule has 0 fully saturated rings. The normalized spacial score (nSPS) is 12.1. The molecule has 0 aliphatic heterocycles. The van der Waals surface area contributed by atoms with Crippen LogP contribution >= 0.6 is 0 Å². The van der Waals surface area contributed by atoms with Gasteiger partial charge in [-0.1, -0.05) is 74.9 Å². The maximum Gasteiger partial charge on any atom is 0.170 e. The number of hydrogen-bond donors (Lipinski definition) is 0. The van der Waals surface area contributed by atoms with Crippen molar-refractivity contribution in [2.45, 2.75) is 45.4 Å². The second-order valence-corrected chi connectivity index (χ2v) is 5.54. The van der Waals surface area contributed by atoms with Gasteiger partial charge >= 0.3 is 0 Å². The van der Waals surface area contributed by atoms with Crippen molar-refractivity contribution in [3.8, 4) is 0 Å². The summed E-state index contributed by atoms with van der Waals surface area (Å²) in [6.07, 6.45) is 4.34. The van der Waals surface area contributed by atoms with E-state index in [1.807, 2.05) is 42.5 Å². The molecule has 2 rings (SSSR count). The fourth-order valence-electron chi connectivity index (χ4n) is 2.68. The summed E-state index contributed by atoms with van der Waals surface area (Å²) in [7, 11) is 0. The minimum Gasteiger partial charge on any atom is -0.293 e. The molecule has 21 heavy (non-hydrogen) atoms. The first-order chi connectivity index (χ1) is 10.3. The molecule has 110 valence electrons. The Morgan fingerprint density at radius 3 is 2.19 bits per heavy atom. The molecule has 1 unspecified atom stereocenters. The van der Waals surface area contributed by atoms with Gasteiger partial charge in [-0.15, -0.1) is 0 Å². The third kappa shape index (κ3) is 4.04. The molecule has 0 aromatic heterocycles. The molecule has 2 aromatic rings. The summed E-state index contributed by atoms with van der Waals surface area (Å²) in [5.74, 6) is 0.193. The van der Waals surface area contributed by atoms with Crippen molar-refractivity contribution < 1.29 is 4.79 Å². The van der Waals surface area contributed by atoms with Crippen molar-refractivity contribution in [2.75, 3.05) is 0 Å². The van der Waals surface area contributed by atoms with Crippen molar-refractivity contribution in [2.24, 2.45) is 0 Å². The van der Waals surface area contributed by atoms with Crippen molar-refractivity contribution in [1.29, 1.82) is 0 Å². The third-order valence-corrected chi connectivity index (χ3v) is 3.98. The van der Waals surface area contributed by atoms with Gasteiger partial charge in [0.25, 0.3) is 0 Å². The molecule has 0 aliphatic rings. The Kier molecular flexibility index (Phi) is 5.74. The van der Waals surface area contributed by atoms with Crippen LogP contribution in [0.5, 0.6) is 0 Å². The van der Waals surface area contributed by atoms with E-state index in [9.17, 15) is 4.79 Å². The molecule has 0 heterocycles. The van der Waals surface area contributed by atoms with Crippen LogP contribution in [0.2, 0.25) is 0 Å². The van der Waals surface area contributed by atoms with Crippen LogP contribution in [0.25, 0.3) is 0 Å². The SMILES string of the molecule is CCCCc1ccc(C(=O)C(CC)c2ccccc2)cc1. The lowest BCUT2D eigenvalue weighted by molar-refractivity contribution is 0.0957. The molecule has 0 aliphatic carbocycles. The molecule has 2 aromatic carbocycles. The number of carbonyl (C=O) groups is 1. The second kappa shape index (κ2) is 7.78. The predicted molar refractivity (Wildman–Crippen MR) is 88.9 cm³/mol. The van der Waals surface area contributed by atoms with Gasteiger partial charge in [-0.25, -0.2) is 0 Å². The highest BCUT2D eigenvalue weighted by Gasteiger charge is 2.19. The molecular formula is C20H24O. The lowest BCUT2D eigenvalue weighted by Gasteiger charge is -2.14. The van der Waals surface area contributed by atoms with Gasteiger partial charge in [-0.3, -0.25) is 4.79 Å². The van der Waals surface area contributed by atoms with E-state index in [1.165, 1.54) is 18.4 Å². The Bertz CT molecular complexity index is 554. The van der Waals surface area contributed by atoms with Gasteiger partial charge in [-0.05, 0) is 30.4 Å². The topological polar surface area (TPSA) is 17.1 Å². The van der Waals surface area contributed by atoms with Crippen LogP contribution in [0.3, 0.4) is 0 Å². The van der Waals surface area contributed by atoms with Crippen molar-refractivity contribution in [3.63, 3.8) is 0 Å². The summed E-state index contributed by atoms with van der Waals surface area (Å²) in [5.41, 5.74) is 3.26. The van der Waals surface area contributed by atoms with E-state index in [2.05, 4.69) is 26.0 Å². The average Bonchev–Trinajstić information content (AvgIpc) is 2.55. The minimum atomic E-state index is -0.0345. The van der Waals surface area contributed by atoms with E-state index in [1.54, 1.807) is 0 Å². The highest BCUT2D eigenvalue weighted by atomic mass is 16.1. The van der Waals surface area contributed by atoms with Gasteiger partial charge < -0.3 is 0 Å². The smallest absolute Gasteiger partial charge is 0.170 e. The van der Waals surface area contributed by atoms with Crippen LogP contribution < -0.4 is 0 Å². The van der Waals surface area contributed by atoms with E-state index >= 15 is 0 Å². The monoisotopic (exact) mass is 280 g/mol. The fraction of sp³-hybridized carbons (Fsp3) is 0.350. The van der Waals surface area contributed by atoms with Gasteiger partial charge in [0.2, 0.25) is 0 Å². The average molecular weight is 280 g/mol. The number of Topliss-reactive ketones (excluding diaryl/α,β-unsaturated/α-hetero) is 1. The zero-order chi connectivity index (χ0) is 15.1. The van der Waals surface area contributed by atoms with Crippen LogP contribution in [0.1, 0.15) is 60.5 Å². The number of unbranched alkanes of at least 4 members (excludes halogenated alkanes) is 1. The largest absolute Gasteiger partial charge is 0.293 e. The maximum absolute atomic E-state index is 12.7. The maximum atomic E-state index is 12.7.